The smallest absolute Gasteiger partial charge is 0.0458 e. The summed E-state index contributed by atoms with van der Waals surface area (Å²) in [6.45, 7) is 3.46. The van der Waals surface area contributed by atoms with Crippen molar-refractivity contribution in [3.63, 3.8) is 0 Å². The van der Waals surface area contributed by atoms with E-state index in [1.54, 1.807) is 5.56 Å². The largest absolute Gasteiger partial charge is 0.358 e. The van der Waals surface area contributed by atoms with Crippen LogP contribution in [0.1, 0.15) is 24.6 Å². The van der Waals surface area contributed by atoms with Gasteiger partial charge in [0.05, 0.1) is 0 Å². The van der Waals surface area contributed by atoms with Crippen molar-refractivity contribution in [2.24, 2.45) is 0 Å². The molecule has 0 aliphatic carbocycles. The molecule has 17 heavy (non-hydrogen) atoms. The second-order valence-electron chi connectivity index (χ2n) is 5.12. The lowest BCUT2D eigenvalue weighted by Crippen LogP contribution is -2.32. The number of H-pyrrole nitrogens is 1. The lowest BCUT2D eigenvalue weighted by Gasteiger charge is -2.24. The molecule has 2 heteroatoms. The molecule has 90 valence electrons. The minimum Gasteiger partial charge on any atom is -0.358 e. The van der Waals surface area contributed by atoms with E-state index in [2.05, 4.69) is 48.1 Å². The Labute approximate surface area is 103 Å². The zero-order chi connectivity index (χ0) is 11.8. The van der Waals surface area contributed by atoms with Gasteiger partial charge in [0, 0.05) is 35.6 Å². The normalized spacial score (nSPS) is 21.4. The van der Waals surface area contributed by atoms with Crippen LogP contribution in [0.2, 0.25) is 0 Å². The van der Waals surface area contributed by atoms with Crippen LogP contribution in [0.5, 0.6) is 0 Å². The van der Waals surface area contributed by atoms with Crippen molar-refractivity contribution >= 4 is 10.9 Å². The molecular weight excluding hydrogens is 208 g/mol. The highest BCUT2D eigenvalue weighted by Crippen LogP contribution is 2.27. The summed E-state index contributed by atoms with van der Waals surface area (Å²) < 4.78 is 0. The Bertz CT molecular complexity index is 527. The zero-order valence-corrected chi connectivity index (χ0v) is 10.7. The molecule has 1 atom stereocenters. The fourth-order valence-corrected chi connectivity index (χ4v) is 3.03. The van der Waals surface area contributed by atoms with Crippen molar-refractivity contribution in [2.45, 2.75) is 32.2 Å². The van der Waals surface area contributed by atoms with Crippen molar-refractivity contribution in [1.29, 1.82) is 0 Å². The van der Waals surface area contributed by atoms with E-state index in [0.29, 0.717) is 6.04 Å². The highest BCUT2D eigenvalue weighted by Gasteiger charge is 2.22. The molecule has 0 radical (unpaired) electrons. The van der Waals surface area contributed by atoms with Gasteiger partial charge in [-0.2, -0.15) is 0 Å². The number of fused-ring (bicyclic) bond motifs is 3. The number of likely N-dealkylation sites (N-methyl/N-ethyl adjacent to an activating group) is 1. The molecular formula is C15H20N2. The van der Waals surface area contributed by atoms with Crippen LogP contribution in [0.4, 0.5) is 0 Å². The number of hydrogen-bond donors (Lipinski definition) is 1. The summed E-state index contributed by atoms with van der Waals surface area (Å²) in [7, 11) is 2.25. The summed E-state index contributed by atoms with van der Waals surface area (Å²) in [5.74, 6) is 0. The van der Waals surface area contributed by atoms with Crippen molar-refractivity contribution in [3.8, 4) is 0 Å². The van der Waals surface area contributed by atoms with E-state index in [-0.39, 0.29) is 0 Å². The van der Waals surface area contributed by atoms with Crippen LogP contribution in [0, 0.1) is 0 Å². The maximum atomic E-state index is 3.61. The van der Waals surface area contributed by atoms with Crippen molar-refractivity contribution < 1.29 is 0 Å². The molecule has 2 nitrogen and oxygen atoms in total. The van der Waals surface area contributed by atoms with Crippen molar-refractivity contribution in [2.75, 3.05) is 13.6 Å². The van der Waals surface area contributed by atoms with Gasteiger partial charge in [-0.3, -0.25) is 0 Å². The van der Waals surface area contributed by atoms with Crippen LogP contribution in [-0.2, 0) is 12.8 Å². The van der Waals surface area contributed by atoms with Gasteiger partial charge in [-0.15, -0.1) is 0 Å². The van der Waals surface area contributed by atoms with Gasteiger partial charge in [-0.1, -0.05) is 25.1 Å². The number of para-hydroxylation sites is 1. The first kappa shape index (κ1) is 10.8. The second-order valence-corrected chi connectivity index (χ2v) is 5.12. The van der Waals surface area contributed by atoms with E-state index in [1.165, 1.54) is 36.0 Å². The van der Waals surface area contributed by atoms with Crippen LogP contribution in [-0.4, -0.2) is 29.5 Å². The summed E-state index contributed by atoms with van der Waals surface area (Å²) in [6, 6.07) is 9.37. The quantitative estimate of drug-likeness (QED) is 0.795. The molecule has 1 N–H and O–H groups in total. The predicted octanol–water partition coefficient (Wildman–Crippen LogP) is 2.98. The van der Waals surface area contributed by atoms with Gasteiger partial charge in [-0.05, 0) is 31.5 Å². The number of nitrogens with one attached hydrogen (secondary N) is 1. The second kappa shape index (κ2) is 4.19. The third-order valence-corrected chi connectivity index (χ3v) is 4.15. The summed E-state index contributed by atoms with van der Waals surface area (Å²) in [5.41, 5.74) is 4.31. The van der Waals surface area contributed by atoms with E-state index in [9.17, 15) is 0 Å². The molecule has 0 saturated carbocycles. The zero-order valence-electron chi connectivity index (χ0n) is 10.7. The maximum Gasteiger partial charge on any atom is 0.0458 e. The number of hydrogen-bond acceptors (Lipinski definition) is 1. The van der Waals surface area contributed by atoms with E-state index in [0.717, 1.165) is 6.42 Å². The minimum absolute atomic E-state index is 0.685. The fraction of sp³-hybridized carbons (Fsp3) is 0.467. The summed E-state index contributed by atoms with van der Waals surface area (Å²) >= 11 is 0. The molecule has 0 fully saturated rings. The lowest BCUT2D eigenvalue weighted by atomic mass is 10.0. The van der Waals surface area contributed by atoms with Gasteiger partial charge < -0.3 is 9.88 Å². The SMILES string of the molecule is CCC1Cc2[nH]c3ccccc3c2CCN1C. The van der Waals surface area contributed by atoms with Crippen molar-refractivity contribution in [1.82, 2.24) is 9.88 Å². The molecule has 1 aromatic carbocycles. The lowest BCUT2D eigenvalue weighted by molar-refractivity contribution is 0.244. The molecule has 3 rings (SSSR count). The standard InChI is InChI=1S/C15H20N2/c1-3-11-10-15-13(8-9-17(11)2)12-6-4-5-7-14(12)16-15/h4-7,11,16H,3,8-10H2,1-2H3. The third-order valence-electron chi connectivity index (χ3n) is 4.15. The van der Waals surface area contributed by atoms with Crippen LogP contribution >= 0.6 is 0 Å². The van der Waals surface area contributed by atoms with Crippen LogP contribution in [0.3, 0.4) is 0 Å². The molecule has 1 unspecified atom stereocenters. The molecule has 2 heterocycles. The number of nitrogens with zero attached hydrogens (tertiary/aromatic N) is 1. The molecule has 0 amide bonds. The summed E-state index contributed by atoms with van der Waals surface area (Å²) in [4.78, 5) is 6.12. The van der Waals surface area contributed by atoms with Crippen LogP contribution in [0.25, 0.3) is 10.9 Å². The van der Waals surface area contributed by atoms with E-state index >= 15 is 0 Å². The first-order chi connectivity index (χ1) is 8.29. The number of aromatic amines is 1. The summed E-state index contributed by atoms with van der Waals surface area (Å²) in [5, 5.41) is 1.42. The van der Waals surface area contributed by atoms with Crippen LogP contribution < -0.4 is 0 Å². The van der Waals surface area contributed by atoms with Crippen molar-refractivity contribution in [3.05, 3.63) is 35.5 Å². The first-order valence-corrected chi connectivity index (χ1v) is 6.58. The molecule has 2 aromatic rings. The molecule has 0 saturated heterocycles. The molecule has 0 spiro atoms. The van der Waals surface area contributed by atoms with Gasteiger partial charge in [0.25, 0.3) is 0 Å². The van der Waals surface area contributed by atoms with E-state index in [4.69, 9.17) is 0 Å². The molecule has 0 bridgehead atoms. The maximum absolute atomic E-state index is 3.61. The number of benzene rings is 1. The van der Waals surface area contributed by atoms with Gasteiger partial charge >= 0.3 is 0 Å². The Balaban J connectivity index is 2.08. The highest BCUT2D eigenvalue weighted by atomic mass is 15.1. The fourth-order valence-electron chi connectivity index (χ4n) is 3.03. The Morgan fingerprint density at radius 2 is 2.18 bits per heavy atom. The Morgan fingerprint density at radius 1 is 1.35 bits per heavy atom. The first-order valence-electron chi connectivity index (χ1n) is 6.58. The monoisotopic (exact) mass is 228 g/mol. The Morgan fingerprint density at radius 3 is 3.00 bits per heavy atom. The number of aromatic nitrogens is 1. The number of rotatable bonds is 1. The van der Waals surface area contributed by atoms with Gasteiger partial charge in [-0.25, -0.2) is 0 Å². The van der Waals surface area contributed by atoms with Crippen LogP contribution in [0.15, 0.2) is 24.3 Å². The topological polar surface area (TPSA) is 19.0 Å². The van der Waals surface area contributed by atoms with E-state index in [1.807, 2.05) is 0 Å². The van der Waals surface area contributed by atoms with Gasteiger partial charge in [0.2, 0.25) is 0 Å². The van der Waals surface area contributed by atoms with Gasteiger partial charge in [0.1, 0.15) is 0 Å². The third kappa shape index (κ3) is 1.77. The highest BCUT2D eigenvalue weighted by molar-refractivity contribution is 5.84. The average Bonchev–Trinajstić information content (AvgIpc) is 2.62. The Hall–Kier alpha value is -1.28. The average molecular weight is 228 g/mol. The van der Waals surface area contributed by atoms with E-state index < -0.39 is 0 Å². The minimum atomic E-state index is 0.685. The molecule has 1 aliphatic heterocycles. The predicted molar refractivity (Wildman–Crippen MR) is 72.4 cm³/mol. The molecule has 1 aliphatic rings. The van der Waals surface area contributed by atoms with Gasteiger partial charge in [0.15, 0.2) is 0 Å². The molecule has 1 aromatic heterocycles. The summed E-state index contributed by atoms with van der Waals surface area (Å²) in [6.07, 6.45) is 3.56. The Kier molecular flexibility index (Phi) is 2.67.